The SMILES string of the molecule is C/C=C/C=C/C(=O)OCC(=O)Nc1ccc(OC(F)(F)F)cc1. The van der Waals surface area contributed by atoms with Crippen LogP contribution >= 0.6 is 0 Å². The average Bonchev–Trinajstić information content (AvgIpc) is 2.46. The lowest BCUT2D eigenvalue weighted by molar-refractivity contribution is -0.274. The van der Waals surface area contributed by atoms with Crippen molar-refractivity contribution in [3.8, 4) is 5.75 Å². The second-order valence-corrected chi connectivity index (χ2v) is 4.11. The second kappa shape index (κ2) is 8.62. The Kier molecular flexibility index (Phi) is 6.85. The lowest BCUT2D eigenvalue weighted by Gasteiger charge is -2.10. The number of allylic oxidation sites excluding steroid dienone is 3. The molecule has 0 heterocycles. The Morgan fingerprint density at radius 1 is 1.17 bits per heavy atom. The van der Waals surface area contributed by atoms with Crippen LogP contribution < -0.4 is 10.1 Å². The molecule has 0 aliphatic carbocycles. The number of amides is 1. The third-order valence-electron chi connectivity index (χ3n) is 2.25. The summed E-state index contributed by atoms with van der Waals surface area (Å²) in [6.45, 7) is 1.26. The molecule has 0 bridgehead atoms. The predicted octanol–water partition coefficient (Wildman–Crippen LogP) is 3.20. The molecule has 5 nitrogen and oxygen atoms in total. The summed E-state index contributed by atoms with van der Waals surface area (Å²) in [5, 5.41) is 2.36. The van der Waals surface area contributed by atoms with Gasteiger partial charge < -0.3 is 14.8 Å². The molecule has 1 aromatic carbocycles. The van der Waals surface area contributed by atoms with Gasteiger partial charge in [0.05, 0.1) is 0 Å². The van der Waals surface area contributed by atoms with E-state index >= 15 is 0 Å². The Morgan fingerprint density at radius 3 is 2.39 bits per heavy atom. The highest BCUT2D eigenvalue weighted by atomic mass is 19.4. The van der Waals surface area contributed by atoms with Crippen molar-refractivity contribution in [3.05, 3.63) is 48.6 Å². The van der Waals surface area contributed by atoms with E-state index in [-0.39, 0.29) is 5.69 Å². The van der Waals surface area contributed by atoms with Crippen LogP contribution in [0.1, 0.15) is 6.92 Å². The summed E-state index contributed by atoms with van der Waals surface area (Å²) in [5.41, 5.74) is 0.241. The first-order valence-electron chi connectivity index (χ1n) is 6.42. The fourth-order valence-electron chi connectivity index (χ4n) is 1.37. The van der Waals surface area contributed by atoms with Crippen LogP contribution in [-0.2, 0) is 14.3 Å². The summed E-state index contributed by atoms with van der Waals surface area (Å²) in [5.74, 6) is -1.72. The number of alkyl halides is 3. The maximum absolute atomic E-state index is 12.0. The molecular weight excluding hydrogens is 315 g/mol. The number of anilines is 1. The number of hydrogen-bond donors (Lipinski definition) is 1. The minimum atomic E-state index is -4.78. The monoisotopic (exact) mass is 329 g/mol. The number of carbonyl (C=O) groups is 2. The number of benzene rings is 1. The van der Waals surface area contributed by atoms with E-state index in [4.69, 9.17) is 0 Å². The van der Waals surface area contributed by atoms with Gasteiger partial charge in [-0.3, -0.25) is 4.79 Å². The van der Waals surface area contributed by atoms with Crippen LogP contribution in [0, 0.1) is 0 Å². The fourth-order valence-corrected chi connectivity index (χ4v) is 1.37. The van der Waals surface area contributed by atoms with Crippen LogP contribution in [0.4, 0.5) is 18.9 Å². The van der Waals surface area contributed by atoms with E-state index in [0.717, 1.165) is 18.2 Å². The van der Waals surface area contributed by atoms with Crippen molar-refractivity contribution in [3.63, 3.8) is 0 Å². The van der Waals surface area contributed by atoms with Crippen molar-refractivity contribution in [2.24, 2.45) is 0 Å². The summed E-state index contributed by atoms with van der Waals surface area (Å²) in [4.78, 5) is 22.7. The lowest BCUT2D eigenvalue weighted by Crippen LogP contribution is -2.20. The first-order valence-corrected chi connectivity index (χ1v) is 6.42. The molecule has 1 N–H and O–H groups in total. The van der Waals surface area contributed by atoms with Gasteiger partial charge in [-0.05, 0) is 31.2 Å². The molecule has 1 aromatic rings. The molecule has 0 radical (unpaired) electrons. The standard InChI is InChI=1S/C15H14F3NO4/c1-2-3-4-5-14(21)22-10-13(20)19-11-6-8-12(9-7-11)23-15(16,17)18/h2-9H,10H2,1H3,(H,19,20)/b3-2+,5-4+. The molecule has 0 aliphatic heterocycles. The minimum absolute atomic E-state index is 0.241. The Bertz CT molecular complexity index is 592. The number of esters is 1. The van der Waals surface area contributed by atoms with Gasteiger partial charge in [0.15, 0.2) is 6.61 Å². The molecule has 8 heteroatoms. The first kappa shape index (κ1) is 18.3. The van der Waals surface area contributed by atoms with E-state index in [1.165, 1.54) is 18.2 Å². The van der Waals surface area contributed by atoms with Crippen molar-refractivity contribution < 1.29 is 32.2 Å². The molecular formula is C15H14F3NO4. The molecule has 0 aromatic heterocycles. The molecule has 1 amide bonds. The molecule has 0 atom stereocenters. The molecule has 0 aliphatic rings. The maximum Gasteiger partial charge on any atom is 0.573 e. The third kappa shape index (κ3) is 8.30. The topological polar surface area (TPSA) is 64.6 Å². The normalized spacial score (nSPS) is 11.7. The molecule has 0 saturated heterocycles. The minimum Gasteiger partial charge on any atom is -0.452 e. The van der Waals surface area contributed by atoms with E-state index in [1.807, 2.05) is 0 Å². The Balaban J connectivity index is 2.44. The quantitative estimate of drug-likeness (QED) is 0.494. The van der Waals surface area contributed by atoms with Gasteiger partial charge >= 0.3 is 12.3 Å². The second-order valence-electron chi connectivity index (χ2n) is 4.11. The highest BCUT2D eigenvalue weighted by Crippen LogP contribution is 2.23. The van der Waals surface area contributed by atoms with E-state index in [9.17, 15) is 22.8 Å². The van der Waals surface area contributed by atoms with E-state index in [0.29, 0.717) is 0 Å². The zero-order chi connectivity index (χ0) is 17.3. The van der Waals surface area contributed by atoms with Crippen molar-refractivity contribution in [1.29, 1.82) is 0 Å². The molecule has 124 valence electrons. The predicted molar refractivity (Wildman–Crippen MR) is 76.7 cm³/mol. The van der Waals surface area contributed by atoms with E-state index in [1.54, 1.807) is 19.1 Å². The molecule has 0 spiro atoms. The highest BCUT2D eigenvalue weighted by molar-refractivity contribution is 5.93. The largest absolute Gasteiger partial charge is 0.573 e. The van der Waals surface area contributed by atoms with Gasteiger partial charge in [0.25, 0.3) is 5.91 Å². The number of nitrogens with one attached hydrogen (secondary N) is 1. The summed E-state index contributed by atoms with van der Waals surface area (Å²) in [7, 11) is 0. The zero-order valence-electron chi connectivity index (χ0n) is 12.1. The van der Waals surface area contributed by atoms with E-state index < -0.39 is 30.6 Å². The summed E-state index contributed by atoms with van der Waals surface area (Å²) in [6.07, 6.45) is 1.16. The van der Waals surface area contributed by atoms with Crippen LogP contribution in [0.5, 0.6) is 5.75 Å². The van der Waals surface area contributed by atoms with Gasteiger partial charge in [0.2, 0.25) is 0 Å². The molecule has 0 fully saturated rings. The fraction of sp³-hybridized carbons (Fsp3) is 0.200. The van der Waals surface area contributed by atoms with Crippen LogP contribution in [0.3, 0.4) is 0 Å². The first-order chi connectivity index (χ1) is 10.8. The average molecular weight is 329 g/mol. The third-order valence-corrected chi connectivity index (χ3v) is 2.25. The Morgan fingerprint density at radius 2 is 1.83 bits per heavy atom. The summed E-state index contributed by atoms with van der Waals surface area (Å²) >= 11 is 0. The number of hydrogen-bond acceptors (Lipinski definition) is 4. The molecule has 23 heavy (non-hydrogen) atoms. The van der Waals surface area contributed by atoms with Crippen LogP contribution in [0.25, 0.3) is 0 Å². The van der Waals surface area contributed by atoms with Gasteiger partial charge in [-0.15, -0.1) is 13.2 Å². The van der Waals surface area contributed by atoms with Crippen molar-refractivity contribution in [2.75, 3.05) is 11.9 Å². The summed E-state index contributed by atoms with van der Waals surface area (Å²) in [6, 6.07) is 4.56. The van der Waals surface area contributed by atoms with Gasteiger partial charge in [-0.25, -0.2) is 4.79 Å². The van der Waals surface area contributed by atoms with Crippen molar-refractivity contribution in [2.45, 2.75) is 13.3 Å². The number of ether oxygens (including phenoxy) is 2. The number of carbonyl (C=O) groups excluding carboxylic acids is 2. The van der Waals surface area contributed by atoms with Crippen LogP contribution in [0.15, 0.2) is 48.6 Å². The molecule has 1 rings (SSSR count). The van der Waals surface area contributed by atoms with Crippen molar-refractivity contribution in [1.82, 2.24) is 0 Å². The van der Waals surface area contributed by atoms with Gasteiger partial charge in [0, 0.05) is 11.8 Å². The Hall–Kier alpha value is -2.77. The van der Waals surface area contributed by atoms with Crippen LogP contribution in [-0.4, -0.2) is 24.8 Å². The summed E-state index contributed by atoms with van der Waals surface area (Å²) < 4.78 is 44.3. The van der Waals surface area contributed by atoms with E-state index in [2.05, 4.69) is 14.8 Å². The Labute approximate surface area is 130 Å². The number of halogens is 3. The van der Waals surface area contributed by atoms with Crippen molar-refractivity contribution >= 4 is 17.6 Å². The molecule has 0 unspecified atom stereocenters. The maximum atomic E-state index is 12.0. The number of rotatable bonds is 6. The zero-order valence-corrected chi connectivity index (χ0v) is 12.1. The van der Waals surface area contributed by atoms with Crippen LogP contribution in [0.2, 0.25) is 0 Å². The van der Waals surface area contributed by atoms with Gasteiger partial charge in [-0.2, -0.15) is 0 Å². The highest BCUT2D eigenvalue weighted by Gasteiger charge is 2.30. The smallest absolute Gasteiger partial charge is 0.452 e. The lowest BCUT2D eigenvalue weighted by atomic mass is 10.3. The van der Waals surface area contributed by atoms with Gasteiger partial charge in [-0.1, -0.05) is 18.2 Å². The van der Waals surface area contributed by atoms with Gasteiger partial charge in [0.1, 0.15) is 5.75 Å². The molecule has 0 saturated carbocycles.